The molecule has 0 amide bonds. The molecular formula is C26H23NO4. The van der Waals surface area contributed by atoms with Crippen LogP contribution in [0.25, 0.3) is 44.8 Å². The van der Waals surface area contributed by atoms with Crippen molar-refractivity contribution >= 4 is 22.1 Å². The van der Waals surface area contributed by atoms with Gasteiger partial charge in [0.2, 0.25) is 5.89 Å². The van der Waals surface area contributed by atoms with E-state index >= 15 is 0 Å². The Labute approximate surface area is 179 Å². The van der Waals surface area contributed by atoms with Crippen LogP contribution in [0.2, 0.25) is 0 Å². The Morgan fingerprint density at radius 3 is 2.35 bits per heavy atom. The molecule has 0 aliphatic carbocycles. The topological polar surface area (TPSA) is 68.6 Å². The zero-order valence-corrected chi connectivity index (χ0v) is 17.9. The number of aromatic hydroxyl groups is 1. The van der Waals surface area contributed by atoms with Crippen LogP contribution >= 0.6 is 0 Å². The molecule has 0 aliphatic heterocycles. The first-order valence-electron chi connectivity index (χ1n) is 10.1. The highest BCUT2D eigenvalue weighted by Crippen LogP contribution is 2.38. The molecule has 5 nitrogen and oxygen atoms in total. The third-order valence-corrected chi connectivity index (χ3v) is 5.49. The highest BCUT2D eigenvalue weighted by Gasteiger charge is 2.19. The second-order valence-electron chi connectivity index (χ2n) is 8.70. The van der Waals surface area contributed by atoms with Gasteiger partial charge in [0, 0.05) is 17.0 Å². The van der Waals surface area contributed by atoms with E-state index < -0.39 is 0 Å². The Kier molecular flexibility index (Phi) is 4.29. The van der Waals surface area contributed by atoms with Crippen molar-refractivity contribution in [3.05, 3.63) is 66.2 Å². The first-order chi connectivity index (χ1) is 14.8. The van der Waals surface area contributed by atoms with Crippen molar-refractivity contribution in [2.75, 3.05) is 7.11 Å². The number of hydrogen-bond donors (Lipinski definition) is 1. The van der Waals surface area contributed by atoms with Gasteiger partial charge in [0.05, 0.1) is 12.7 Å². The molecule has 0 unspecified atom stereocenters. The summed E-state index contributed by atoms with van der Waals surface area (Å²) in [5.74, 6) is 1.94. The van der Waals surface area contributed by atoms with E-state index in [9.17, 15) is 5.11 Å². The summed E-state index contributed by atoms with van der Waals surface area (Å²) in [6, 6.07) is 19.1. The number of phenols is 1. The van der Waals surface area contributed by atoms with Gasteiger partial charge in [0.1, 0.15) is 28.4 Å². The quantitative estimate of drug-likeness (QED) is 0.348. The van der Waals surface area contributed by atoms with E-state index in [1.165, 1.54) is 5.56 Å². The number of hydrogen-bond acceptors (Lipinski definition) is 5. The minimum atomic E-state index is 0.0169. The van der Waals surface area contributed by atoms with Gasteiger partial charge in [-0.05, 0) is 59.5 Å². The molecule has 0 saturated heterocycles. The Morgan fingerprint density at radius 1 is 0.871 bits per heavy atom. The third-order valence-electron chi connectivity index (χ3n) is 5.49. The average Bonchev–Trinajstić information content (AvgIpc) is 3.35. The van der Waals surface area contributed by atoms with Crippen molar-refractivity contribution in [1.82, 2.24) is 4.98 Å². The summed E-state index contributed by atoms with van der Waals surface area (Å²) in [6.07, 6.45) is 0. The van der Waals surface area contributed by atoms with Gasteiger partial charge in [-0.25, -0.2) is 4.98 Å². The van der Waals surface area contributed by atoms with Crippen LogP contribution in [-0.2, 0) is 5.41 Å². The standard InChI is InChI=1S/C26H23NO4/c1-26(2,3)17-7-10-22-20(13-17)27-25(31-22)19-11-16-12-23(30-24(16)14-21(19)28)15-5-8-18(29-4)9-6-15/h5-14,28H,1-4H3. The van der Waals surface area contributed by atoms with E-state index in [2.05, 4.69) is 31.8 Å². The first-order valence-corrected chi connectivity index (χ1v) is 10.1. The second kappa shape index (κ2) is 6.91. The lowest BCUT2D eigenvalue weighted by molar-refractivity contribution is 0.415. The van der Waals surface area contributed by atoms with E-state index in [1.54, 1.807) is 13.2 Å². The summed E-state index contributed by atoms with van der Waals surface area (Å²) in [4.78, 5) is 4.64. The van der Waals surface area contributed by atoms with Crippen LogP contribution in [0.3, 0.4) is 0 Å². The monoisotopic (exact) mass is 413 g/mol. The van der Waals surface area contributed by atoms with Gasteiger partial charge < -0.3 is 18.7 Å². The lowest BCUT2D eigenvalue weighted by atomic mass is 9.87. The smallest absolute Gasteiger partial charge is 0.231 e. The molecular weight excluding hydrogens is 390 g/mol. The van der Waals surface area contributed by atoms with E-state index in [0.717, 1.165) is 22.2 Å². The van der Waals surface area contributed by atoms with Crippen LogP contribution in [0.15, 0.2) is 69.5 Å². The normalized spacial score (nSPS) is 12.0. The summed E-state index contributed by atoms with van der Waals surface area (Å²) >= 11 is 0. The Bertz CT molecular complexity index is 1400. The van der Waals surface area contributed by atoms with Crippen molar-refractivity contribution in [2.24, 2.45) is 0 Å². The number of aromatic nitrogens is 1. The summed E-state index contributed by atoms with van der Waals surface area (Å²) in [5.41, 5.74) is 4.71. The number of ether oxygens (including phenoxy) is 1. The highest BCUT2D eigenvalue weighted by molar-refractivity contribution is 5.90. The molecule has 2 aromatic heterocycles. The zero-order chi connectivity index (χ0) is 21.8. The molecule has 0 bridgehead atoms. The first kappa shape index (κ1) is 19.2. The Morgan fingerprint density at radius 2 is 1.65 bits per heavy atom. The van der Waals surface area contributed by atoms with Crippen molar-refractivity contribution in [3.8, 4) is 34.3 Å². The number of methoxy groups -OCH3 is 1. The summed E-state index contributed by atoms with van der Waals surface area (Å²) in [7, 11) is 1.64. The van der Waals surface area contributed by atoms with E-state index in [1.807, 2.05) is 48.5 Å². The van der Waals surface area contributed by atoms with Crippen LogP contribution < -0.4 is 4.74 Å². The minimum absolute atomic E-state index is 0.0169. The molecule has 3 aromatic carbocycles. The summed E-state index contributed by atoms with van der Waals surface area (Å²) in [6.45, 7) is 6.48. The van der Waals surface area contributed by atoms with Crippen molar-refractivity contribution in [1.29, 1.82) is 0 Å². The lowest BCUT2D eigenvalue weighted by Crippen LogP contribution is -2.10. The van der Waals surface area contributed by atoms with Crippen molar-refractivity contribution in [3.63, 3.8) is 0 Å². The SMILES string of the molecule is COc1ccc(-c2cc3cc(-c4nc5cc(C(C)(C)C)ccc5o4)c(O)cc3o2)cc1. The summed E-state index contributed by atoms with van der Waals surface area (Å²) in [5, 5.41) is 11.5. The molecule has 0 radical (unpaired) electrons. The highest BCUT2D eigenvalue weighted by atomic mass is 16.5. The van der Waals surface area contributed by atoms with Gasteiger partial charge in [-0.2, -0.15) is 0 Å². The molecule has 0 atom stereocenters. The van der Waals surface area contributed by atoms with Crippen LogP contribution in [0.4, 0.5) is 0 Å². The van der Waals surface area contributed by atoms with Gasteiger partial charge in [-0.15, -0.1) is 0 Å². The maximum Gasteiger partial charge on any atom is 0.231 e. The Balaban J connectivity index is 1.57. The summed E-state index contributed by atoms with van der Waals surface area (Å²) < 4.78 is 17.1. The molecule has 156 valence electrons. The zero-order valence-electron chi connectivity index (χ0n) is 17.9. The predicted octanol–water partition coefficient (Wildman–Crippen LogP) is 6.92. The maximum atomic E-state index is 10.6. The van der Waals surface area contributed by atoms with Crippen LogP contribution in [0, 0.1) is 0 Å². The fraction of sp³-hybridized carbons (Fsp3) is 0.192. The van der Waals surface area contributed by atoms with Crippen molar-refractivity contribution in [2.45, 2.75) is 26.2 Å². The van der Waals surface area contributed by atoms with Gasteiger partial charge in [-0.1, -0.05) is 26.8 Å². The number of phenolic OH excluding ortho intramolecular Hbond substituents is 1. The molecule has 5 rings (SSSR count). The fourth-order valence-corrected chi connectivity index (χ4v) is 3.65. The number of rotatable bonds is 3. The molecule has 1 N–H and O–H groups in total. The predicted molar refractivity (Wildman–Crippen MR) is 122 cm³/mol. The van der Waals surface area contributed by atoms with Gasteiger partial charge >= 0.3 is 0 Å². The van der Waals surface area contributed by atoms with Crippen LogP contribution in [0.5, 0.6) is 11.5 Å². The molecule has 5 heteroatoms. The fourth-order valence-electron chi connectivity index (χ4n) is 3.65. The molecule has 31 heavy (non-hydrogen) atoms. The maximum absolute atomic E-state index is 10.6. The van der Waals surface area contributed by atoms with Gasteiger partial charge in [0.15, 0.2) is 5.58 Å². The number of oxazole rings is 1. The number of fused-ring (bicyclic) bond motifs is 2. The van der Waals surface area contributed by atoms with Crippen LogP contribution in [-0.4, -0.2) is 17.2 Å². The van der Waals surface area contributed by atoms with Gasteiger partial charge in [0.25, 0.3) is 0 Å². The van der Waals surface area contributed by atoms with E-state index in [-0.39, 0.29) is 11.2 Å². The van der Waals surface area contributed by atoms with E-state index in [0.29, 0.717) is 28.4 Å². The molecule has 2 heterocycles. The number of nitrogens with zero attached hydrogens (tertiary/aromatic N) is 1. The number of furan rings is 1. The van der Waals surface area contributed by atoms with Crippen molar-refractivity contribution < 1.29 is 18.7 Å². The minimum Gasteiger partial charge on any atom is -0.507 e. The Hall–Kier alpha value is -3.73. The second-order valence-corrected chi connectivity index (χ2v) is 8.70. The largest absolute Gasteiger partial charge is 0.507 e. The lowest BCUT2D eigenvalue weighted by Gasteiger charge is -2.18. The average molecular weight is 413 g/mol. The van der Waals surface area contributed by atoms with Gasteiger partial charge in [-0.3, -0.25) is 0 Å². The third kappa shape index (κ3) is 3.42. The molecule has 0 aliphatic rings. The van der Waals surface area contributed by atoms with Crippen LogP contribution in [0.1, 0.15) is 26.3 Å². The van der Waals surface area contributed by atoms with E-state index in [4.69, 9.17) is 13.6 Å². The molecule has 0 spiro atoms. The number of benzene rings is 3. The molecule has 5 aromatic rings. The molecule has 0 fully saturated rings. The molecule has 0 saturated carbocycles.